The van der Waals surface area contributed by atoms with E-state index in [9.17, 15) is 22.8 Å². The number of alkyl halides is 3. The Morgan fingerprint density at radius 1 is 1.30 bits per heavy atom. The number of piperidine rings is 1. The summed E-state index contributed by atoms with van der Waals surface area (Å²) in [7, 11) is 0. The zero-order valence-corrected chi connectivity index (χ0v) is 11.2. The van der Waals surface area contributed by atoms with E-state index in [4.69, 9.17) is 0 Å². The Labute approximate surface area is 115 Å². The van der Waals surface area contributed by atoms with E-state index >= 15 is 0 Å². The van der Waals surface area contributed by atoms with Gasteiger partial charge >= 0.3 is 6.18 Å². The molecular weight excluding hydrogens is 275 g/mol. The van der Waals surface area contributed by atoms with Gasteiger partial charge < -0.3 is 0 Å². The first-order valence-electron chi connectivity index (χ1n) is 6.65. The van der Waals surface area contributed by atoms with Crippen molar-refractivity contribution in [2.75, 3.05) is 26.2 Å². The van der Waals surface area contributed by atoms with Gasteiger partial charge in [-0.1, -0.05) is 0 Å². The molecule has 0 unspecified atom stereocenters. The highest BCUT2D eigenvalue weighted by molar-refractivity contribution is 6.00. The molecule has 0 bridgehead atoms. The number of hydrogen-bond acceptors (Lipinski definition) is 4. The molecule has 2 saturated heterocycles. The van der Waals surface area contributed by atoms with Crippen LogP contribution in [0.15, 0.2) is 0 Å². The highest BCUT2D eigenvalue weighted by atomic mass is 19.4. The Morgan fingerprint density at radius 2 is 2.00 bits per heavy atom. The second kappa shape index (κ2) is 5.69. The van der Waals surface area contributed by atoms with Crippen molar-refractivity contribution in [1.29, 1.82) is 0 Å². The van der Waals surface area contributed by atoms with Crippen molar-refractivity contribution < 1.29 is 22.8 Å². The Bertz CT molecular complexity index is 400. The minimum atomic E-state index is -4.20. The molecule has 5 nitrogen and oxygen atoms in total. The average Bonchev–Trinajstić information content (AvgIpc) is 2.30. The fourth-order valence-electron chi connectivity index (χ4n) is 2.80. The second-order valence-electron chi connectivity index (χ2n) is 5.40. The van der Waals surface area contributed by atoms with Crippen LogP contribution in [0.1, 0.15) is 19.8 Å². The number of amides is 2. The molecule has 8 heteroatoms. The summed E-state index contributed by atoms with van der Waals surface area (Å²) in [5, 5.41) is 2.28. The number of imide groups is 1. The molecule has 0 radical (unpaired) electrons. The SMILES string of the molecule is C[C@H]1CN([C@@H]2CCC(=O)NC2=O)CCN1CC(F)(F)F. The van der Waals surface area contributed by atoms with Crippen LogP contribution < -0.4 is 5.32 Å². The lowest BCUT2D eigenvalue weighted by Crippen LogP contribution is -2.61. The zero-order chi connectivity index (χ0) is 14.9. The van der Waals surface area contributed by atoms with E-state index in [-0.39, 0.29) is 30.8 Å². The molecule has 2 amide bonds. The van der Waals surface area contributed by atoms with Crippen LogP contribution in [0, 0.1) is 0 Å². The number of nitrogens with one attached hydrogen (secondary N) is 1. The van der Waals surface area contributed by atoms with Crippen LogP contribution in [-0.4, -0.2) is 66.1 Å². The van der Waals surface area contributed by atoms with Gasteiger partial charge in [-0.3, -0.25) is 24.7 Å². The number of rotatable bonds is 2. The molecule has 2 aliphatic rings. The number of hydrogen-bond donors (Lipinski definition) is 1. The van der Waals surface area contributed by atoms with Gasteiger partial charge in [-0.25, -0.2) is 0 Å². The Hall–Kier alpha value is -1.15. The quantitative estimate of drug-likeness (QED) is 0.747. The van der Waals surface area contributed by atoms with Crippen LogP contribution in [0.3, 0.4) is 0 Å². The zero-order valence-electron chi connectivity index (χ0n) is 11.2. The minimum absolute atomic E-state index is 0.268. The van der Waals surface area contributed by atoms with Gasteiger partial charge in [0.1, 0.15) is 0 Å². The largest absolute Gasteiger partial charge is 0.401 e. The molecule has 2 rings (SSSR count). The predicted molar refractivity (Wildman–Crippen MR) is 64.8 cm³/mol. The summed E-state index contributed by atoms with van der Waals surface area (Å²) in [5.41, 5.74) is 0. The topological polar surface area (TPSA) is 52.7 Å². The van der Waals surface area contributed by atoms with Crippen LogP contribution in [-0.2, 0) is 9.59 Å². The first kappa shape index (κ1) is 15.2. The molecule has 1 N–H and O–H groups in total. The summed E-state index contributed by atoms with van der Waals surface area (Å²) in [4.78, 5) is 26.1. The van der Waals surface area contributed by atoms with Gasteiger partial charge in [0.15, 0.2) is 0 Å². The third kappa shape index (κ3) is 3.69. The third-order valence-corrected chi connectivity index (χ3v) is 3.83. The van der Waals surface area contributed by atoms with Crippen molar-refractivity contribution in [3.05, 3.63) is 0 Å². The van der Waals surface area contributed by atoms with Gasteiger partial charge in [0.2, 0.25) is 11.8 Å². The number of nitrogens with zero attached hydrogens (tertiary/aromatic N) is 2. The maximum atomic E-state index is 12.4. The molecule has 0 aromatic rings. The molecule has 2 atom stereocenters. The standard InChI is InChI=1S/C12H18F3N3O2/c1-8-6-17(4-5-18(8)7-12(13,14)15)9-2-3-10(19)16-11(9)20/h8-9H,2-7H2,1H3,(H,16,19,20)/t8-,9+/m0/s1. The van der Waals surface area contributed by atoms with Crippen molar-refractivity contribution in [2.24, 2.45) is 0 Å². The number of carbonyl (C=O) groups excluding carboxylic acids is 2. The number of carbonyl (C=O) groups is 2. The molecule has 0 spiro atoms. The fourth-order valence-corrected chi connectivity index (χ4v) is 2.80. The van der Waals surface area contributed by atoms with Crippen molar-refractivity contribution >= 4 is 11.8 Å². The Balaban J connectivity index is 1.92. The van der Waals surface area contributed by atoms with Crippen LogP contribution in [0.4, 0.5) is 13.2 Å². The molecule has 0 saturated carbocycles. The lowest BCUT2D eigenvalue weighted by Gasteiger charge is -2.43. The van der Waals surface area contributed by atoms with E-state index in [1.807, 2.05) is 4.90 Å². The molecule has 20 heavy (non-hydrogen) atoms. The lowest BCUT2D eigenvalue weighted by molar-refractivity contribution is -0.158. The summed E-state index contributed by atoms with van der Waals surface area (Å²) in [6.45, 7) is 1.90. The average molecular weight is 293 g/mol. The number of halogens is 3. The Morgan fingerprint density at radius 3 is 2.55 bits per heavy atom. The molecule has 2 heterocycles. The molecule has 2 aliphatic heterocycles. The van der Waals surface area contributed by atoms with Crippen molar-refractivity contribution in [2.45, 2.75) is 38.0 Å². The minimum Gasteiger partial charge on any atom is -0.295 e. The lowest BCUT2D eigenvalue weighted by atomic mass is 10.0. The normalized spacial score (nSPS) is 30.4. The number of piperazine rings is 1. The van der Waals surface area contributed by atoms with Crippen molar-refractivity contribution in [1.82, 2.24) is 15.1 Å². The van der Waals surface area contributed by atoms with Gasteiger partial charge in [-0.15, -0.1) is 0 Å². The van der Waals surface area contributed by atoms with Crippen LogP contribution in [0.5, 0.6) is 0 Å². The molecular formula is C12H18F3N3O2. The fraction of sp³-hybridized carbons (Fsp3) is 0.833. The summed E-state index contributed by atoms with van der Waals surface area (Å²) in [5.74, 6) is -0.618. The monoisotopic (exact) mass is 293 g/mol. The summed E-state index contributed by atoms with van der Waals surface area (Å²) < 4.78 is 37.2. The van der Waals surface area contributed by atoms with Gasteiger partial charge in [-0.2, -0.15) is 13.2 Å². The maximum absolute atomic E-state index is 12.4. The van der Waals surface area contributed by atoms with E-state index in [0.717, 1.165) is 0 Å². The Kier molecular flexibility index (Phi) is 4.33. The van der Waals surface area contributed by atoms with E-state index in [1.54, 1.807) is 6.92 Å². The highest BCUT2D eigenvalue weighted by Gasteiger charge is 2.38. The van der Waals surface area contributed by atoms with Crippen LogP contribution >= 0.6 is 0 Å². The van der Waals surface area contributed by atoms with E-state index < -0.39 is 18.8 Å². The van der Waals surface area contributed by atoms with Crippen LogP contribution in [0.25, 0.3) is 0 Å². The van der Waals surface area contributed by atoms with Gasteiger partial charge in [-0.05, 0) is 13.3 Å². The van der Waals surface area contributed by atoms with E-state index in [0.29, 0.717) is 19.5 Å². The predicted octanol–water partition coefficient (Wildman–Crippen LogP) is 0.360. The first-order valence-corrected chi connectivity index (χ1v) is 6.65. The van der Waals surface area contributed by atoms with Crippen molar-refractivity contribution in [3.63, 3.8) is 0 Å². The maximum Gasteiger partial charge on any atom is 0.401 e. The van der Waals surface area contributed by atoms with E-state index in [1.165, 1.54) is 4.90 Å². The molecule has 0 aromatic carbocycles. The van der Waals surface area contributed by atoms with Crippen LogP contribution in [0.2, 0.25) is 0 Å². The third-order valence-electron chi connectivity index (χ3n) is 3.83. The summed E-state index contributed by atoms with van der Waals surface area (Å²) >= 11 is 0. The molecule has 0 aromatic heterocycles. The molecule has 0 aliphatic carbocycles. The van der Waals surface area contributed by atoms with E-state index in [2.05, 4.69) is 5.32 Å². The smallest absolute Gasteiger partial charge is 0.295 e. The first-order chi connectivity index (χ1) is 9.26. The van der Waals surface area contributed by atoms with Gasteiger partial charge in [0.25, 0.3) is 0 Å². The molecule has 114 valence electrons. The van der Waals surface area contributed by atoms with Gasteiger partial charge in [0.05, 0.1) is 12.6 Å². The highest BCUT2D eigenvalue weighted by Crippen LogP contribution is 2.22. The summed E-state index contributed by atoms with van der Waals surface area (Å²) in [6.07, 6.45) is -3.48. The summed E-state index contributed by atoms with van der Waals surface area (Å²) in [6, 6.07) is -0.668. The molecule has 2 fully saturated rings. The van der Waals surface area contributed by atoms with Crippen molar-refractivity contribution in [3.8, 4) is 0 Å². The van der Waals surface area contributed by atoms with Gasteiger partial charge in [0, 0.05) is 32.1 Å². The second-order valence-corrected chi connectivity index (χ2v) is 5.40.